The molecule has 0 saturated heterocycles. The molecule has 1 atom stereocenters. The van der Waals surface area contributed by atoms with Crippen LogP contribution in [0.3, 0.4) is 0 Å². The van der Waals surface area contributed by atoms with Crippen LogP contribution in [0.1, 0.15) is 21.5 Å². The molecular formula is C15H12Br2F2O. The minimum absolute atomic E-state index is 0.0213. The highest BCUT2D eigenvalue weighted by molar-refractivity contribution is 9.10. The van der Waals surface area contributed by atoms with Gasteiger partial charge in [-0.1, -0.05) is 37.9 Å². The molecule has 0 saturated carbocycles. The van der Waals surface area contributed by atoms with E-state index in [0.717, 1.165) is 15.6 Å². The highest BCUT2D eigenvalue weighted by atomic mass is 79.9. The third kappa shape index (κ3) is 3.04. The molecule has 0 fully saturated rings. The first-order chi connectivity index (χ1) is 9.43. The van der Waals surface area contributed by atoms with E-state index >= 15 is 0 Å². The zero-order chi connectivity index (χ0) is 14.9. The number of alkyl halides is 1. The van der Waals surface area contributed by atoms with Gasteiger partial charge in [0.1, 0.15) is 17.4 Å². The van der Waals surface area contributed by atoms with E-state index < -0.39 is 16.5 Å². The topological polar surface area (TPSA) is 9.23 Å². The van der Waals surface area contributed by atoms with E-state index in [1.54, 1.807) is 0 Å². The maximum Gasteiger partial charge on any atom is 0.134 e. The average molecular weight is 406 g/mol. The van der Waals surface area contributed by atoms with Gasteiger partial charge in [0, 0.05) is 22.2 Å². The van der Waals surface area contributed by atoms with Crippen LogP contribution in [0, 0.1) is 18.6 Å². The molecule has 0 aliphatic carbocycles. The Kier molecular flexibility index (Phi) is 4.81. The van der Waals surface area contributed by atoms with Crippen LogP contribution >= 0.6 is 31.9 Å². The third-order valence-electron chi connectivity index (χ3n) is 3.06. The van der Waals surface area contributed by atoms with Crippen molar-refractivity contribution in [1.29, 1.82) is 0 Å². The van der Waals surface area contributed by atoms with Crippen LogP contribution in [-0.4, -0.2) is 7.11 Å². The van der Waals surface area contributed by atoms with Gasteiger partial charge in [0.05, 0.1) is 11.9 Å². The van der Waals surface area contributed by atoms with Crippen molar-refractivity contribution in [2.75, 3.05) is 7.11 Å². The van der Waals surface area contributed by atoms with Crippen LogP contribution in [0.4, 0.5) is 8.78 Å². The van der Waals surface area contributed by atoms with Gasteiger partial charge in [-0.2, -0.15) is 0 Å². The summed E-state index contributed by atoms with van der Waals surface area (Å²) < 4.78 is 33.9. The lowest BCUT2D eigenvalue weighted by molar-refractivity contribution is 0.405. The summed E-state index contributed by atoms with van der Waals surface area (Å²) in [7, 11) is 1.37. The molecule has 20 heavy (non-hydrogen) atoms. The molecule has 0 aliphatic rings. The first kappa shape index (κ1) is 15.4. The Labute approximate surface area is 133 Å². The van der Waals surface area contributed by atoms with Gasteiger partial charge >= 0.3 is 0 Å². The molecule has 0 spiro atoms. The molecule has 2 aromatic rings. The van der Waals surface area contributed by atoms with E-state index in [0.29, 0.717) is 0 Å². The zero-order valence-corrected chi connectivity index (χ0v) is 14.1. The van der Waals surface area contributed by atoms with Crippen molar-refractivity contribution in [2.24, 2.45) is 0 Å². The SMILES string of the molecule is COc1cc(F)c(C(Br)c2cc(Br)ccc2C)c(F)c1. The summed E-state index contributed by atoms with van der Waals surface area (Å²) in [4.78, 5) is -0.564. The van der Waals surface area contributed by atoms with E-state index in [-0.39, 0.29) is 11.3 Å². The van der Waals surface area contributed by atoms with Crippen molar-refractivity contribution in [3.8, 4) is 5.75 Å². The summed E-state index contributed by atoms with van der Waals surface area (Å²) in [6, 6.07) is 7.99. The van der Waals surface area contributed by atoms with E-state index in [1.807, 2.05) is 25.1 Å². The Hall–Kier alpha value is -0.940. The predicted octanol–water partition coefficient (Wildman–Crippen LogP) is 5.53. The van der Waals surface area contributed by atoms with E-state index in [9.17, 15) is 8.78 Å². The second-order valence-corrected chi connectivity index (χ2v) is 6.20. The molecule has 1 nitrogen and oxygen atoms in total. The number of benzene rings is 2. The highest BCUT2D eigenvalue weighted by Crippen LogP contribution is 2.38. The van der Waals surface area contributed by atoms with E-state index in [1.165, 1.54) is 19.2 Å². The number of aryl methyl sites for hydroxylation is 1. The maximum absolute atomic E-state index is 14.1. The smallest absolute Gasteiger partial charge is 0.134 e. The molecule has 0 amide bonds. The normalized spacial score (nSPS) is 12.3. The molecular weight excluding hydrogens is 394 g/mol. The van der Waals surface area contributed by atoms with Crippen molar-refractivity contribution in [2.45, 2.75) is 11.8 Å². The Bertz CT molecular complexity index is 621. The molecule has 2 rings (SSSR count). The van der Waals surface area contributed by atoms with Gasteiger partial charge in [0.2, 0.25) is 0 Å². The lowest BCUT2D eigenvalue weighted by Gasteiger charge is -2.16. The average Bonchev–Trinajstić information content (AvgIpc) is 2.40. The summed E-state index contributed by atoms with van der Waals surface area (Å²) in [6.45, 7) is 1.90. The number of hydrogen-bond acceptors (Lipinski definition) is 1. The van der Waals surface area contributed by atoms with Gasteiger partial charge < -0.3 is 4.74 Å². The van der Waals surface area contributed by atoms with Crippen molar-refractivity contribution >= 4 is 31.9 Å². The molecule has 1 unspecified atom stereocenters. The largest absolute Gasteiger partial charge is 0.497 e. The summed E-state index contributed by atoms with van der Waals surface area (Å²) in [5.74, 6) is -1.11. The first-order valence-corrected chi connectivity index (χ1v) is 7.58. The molecule has 0 heterocycles. The maximum atomic E-state index is 14.1. The molecule has 0 radical (unpaired) electrons. The molecule has 5 heteroatoms. The summed E-state index contributed by atoms with van der Waals surface area (Å²) >= 11 is 6.75. The second-order valence-electron chi connectivity index (χ2n) is 4.37. The molecule has 0 N–H and O–H groups in total. The fourth-order valence-corrected chi connectivity index (χ4v) is 3.27. The van der Waals surface area contributed by atoms with E-state index in [4.69, 9.17) is 4.74 Å². The fourth-order valence-electron chi connectivity index (χ4n) is 1.96. The van der Waals surface area contributed by atoms with Gasteiger partial charge in [-0.25, -0.2) is 8.78 Å². The molecule has 0 aromatic heterocycles. The first-order valence-electron chi connectivity index (χ1n) is 5.87. The van der Waals surface area contributed by atoms with Crippen molar-refractivity contribution < 1.29 is 13.5 Å². The van der Waals surface area contributed by atoms with Gasteiger partial charge in [-0.3, -0.25) is 0 Å². The van der Waals surface area contributed by atoms with Crippen LogP contribution in [-0.2, 0) is 0 Å². The quantitative estimate of drug-likeness (QED) is 0.610. The van der Waals surface area contributed by atoms with Crippen molar-refractivity contribution in [3.05, 3.63) is 63.1 Å². The minimum Gasteiger partial charge on any atom is -0.497 e. The summed E-state index contributed by atoms with van der Waals surface area (Å²) in [5, 5.41) is 0. The highest BCUT2D eigenvalue weighted by Gasteiger charge is 2.22. The lowest BCUT2D eigenvalue weighted by Crippen LogP contribution is -2.03. The van der Waals surface area contributed by atoms with Crippen LogP contribution in [0.25, 0.3) is 0 Å². The number of ether oxygens (including phenoxy) is 1. The summed E-state index contributed by atoms with van der Waals surface area (Å²) in [5.41, 5.74) is 1.74. The second kappa shape index (κ2) is 6.22. The monoisotopic (exact) mass is 404 g/mol. The number of hydrogen-bond donors (Lipinski definition) is 0. The Balaban J connectivity index is 2.53. The number of methoxy groups -OCH3 is 1. The van der Waals surface area contributed by atoms with Crippen molar-refractivity contribution in [3.63, 3.8) is 0 Å². The molecule has 106 valence electrons. The summed E-state index contributed by atoms with van der Waals surface area (Å²) in [6.07, 6.45) is 0. The van der Waals surface area contributed by atoms with E-state index in [2.05, 4.69) is 31.9 Å². The molecule has 0 aliphatic heterocycles. The zero-order valence-electron chi connectivity index (χ0n) is 10.9. The van der Waals surface area contributed by atoms with Crippen LogP contribution in [0.2, 0.25) is 0 Å². The lowest BCUT2D eigenvalue weighted by atomic mass is 9.99. The third-order valence-corrected chi connectivity index (χ3v) is 4.50. The number of halogens is 4. The Morgan fingerprint density at radius 3 is 2.25 bits per heavy atom. The molecule has 2 aromatic carbocycles. The van der Waals surface area contributed by atoms with Gasteiger partial charge in [0.25, 0.3) is 0 Å². The number of rotatable bonds is 3. The van der Waals surface area contributed by atoms with Gasteiger partial charge in [0.15, 0.2) is 0 Å². The fraction of sp³-hybridized carbons (Fsp3) is 0.200. The van der Waals surface area contributed by atoms with Crippen LogP contribution < -0.4 is 4.74 Å². The van der Waals surface area contributed by atoms with Crippen LogP contribution in [0.15, 0.2) is 34.8 Å². The van der Waals surface area contributed by atoms with Gasteiger partial charge in [-0.15, -0.1) is 0 Å². The Morgan fingerprint density at radius 2 is 1.70 bits per heavy atom. The van der Waals surface area contributed by atoms with Gasteiger partial charge in [-0.05, 0) is 30.2 Å². The predicted molar refractivity (Wildman–Crippen MR) is 82.6 cm³/mol. The van der Waals surface area contributed by atoms with Crippen LogP contribution in [0.5, 0.6) is 5.75 Å². The van der Waals surface area contributed by atoms with Crippen molar-refractivity contribution in [1.82, 2.24) is 0 Å². The Morgan fingerprint density at radius 1 is 1.10 bits per heavy atom. The minimum atomic E-state index is -0.636. The standard InChI is InChI=1S/C15H12Br2F2O/c1-8-3-4-9(16)5-11(8)15(17)14-12(18)6-10(20-2)7-13(14)19/h3-7,15H,1-2H3. The molecule has 0 bridgehead atoms.